The predicted molar refractivity (Wildman–Crippen MR) is 142 cm³/mol. The highest BCUT2D eigenvalue weighted by Gasteiger charge is 2.12. The summed E-state index contributed by atoms with van der Waals surface area (Å²) < 4.78 is 23.1. The molecule has 186 valence electrons. The van der Waals surface area contributed by atoms with Crippen LogP contribution >= 0.6 is 23.8 Å². The zero-order chi connectivity index (χ0) is 24.6. The van der Waals surface area contributed by atoms with Crippen LogP contribution in [0, 0.1) is 0 Å². The molecule has 0 saturated heterocycles. The second-order valence-electron chi connectivity index (χ2n) is 7.29. The number of thiocarbonyl (C=S) groups is 1. The van der Waals surface area contributed by atoms with Gasteiger partial charge >= 0.3 is 0 Å². The van der Waals surface area contributed by atoms with E-state index in [4.69, 9.17) is 42.8 Å². The van der Waals surface area contributed by atoms with Gasteiger partial charge in [0.15, 0.2) is 16.6 Å². The van der Waals surface area contributed by atoms with Crippen LogP contribution in [0.25, 0.3) is 0 Å². The van der Waals surface area contributed by atoms with Crippen molar-refractivity contribution in [2.24, 2.45) is 5.10 Å². The fourth-order valence-corrected chi connectivity index (χ4v) is 3.27. The summed E-state index contributed by atoms with van der Waals surface area (Å²) in [5.41, 5.74) is 3.44. The van der Waals surface area contributed by atoms with Crippen LogP contribution in [0.4, 0.5) is 0 Å². The summed E-state index contributed by atoms with van der Waals surface area (Å²) >= 11 is 11.4. The van der Waals surface area contributed by atoms with Crippen molar-refractivity contribution in [2.75, 3.05) is 33.5 Å². The molecule has 0 bridgehead atoms. The van der Waals surface area contributed by atoms with Crippen molar-refractivity contribution in [3.63, 3.8) is 0 Å². The van der Waals surface area contributed by atoms with Crippen molar-refractivity contribution in [3.8, 4) is 23.0 Å². The van der Waals surface area contributed by atoms with Gasteiger partial charge < -0.3 is 24.3 Å². The lowest BCUT2D eigenvalue weighted by Gasteiger charge is -2.15. The first kappa shape index (κ1) is 27.5. The van der Waals surface area contributed by atoms with Gasteiger partial charge in [-0.3, -0.25) is 5.43 Å². The van der Waals surface area contributed by atoms with Crippen molar-refractivity contribution in [1.82, 2.24) is 10.7 Å². The van der Waals surface area contributed by atoms with Gasteiger partial charge in [-0.2, -0.15) is 5.10 Å². The topological polar surface area (TPSA) is 73.3 Å². The number of ether oxygens (including phenoxy) is 4. The Bertz CT molecular complexity index is 910. The van der Waals surface area contributed by atoms with Crippen molar-refractivity contribution in [3.05, 3.63) is 47.0 Å². The van der Waals surface area contributed by atoms with E-state index in [1.54, 1.807) is 25.4 Å². The Labute approximate surface area is 212 Å². The van der Waals surface area contributed by atoms with Gasteiger partial charge in [-0.1, -0.05) is 37.8 Å². The molecule has 0 heterocycles. The average Bonchev–Trinajstić information content (AvgIpc) is 2.84. The largest absolute Gasteiger partial charge is 0.494 e. The Hall–Kier alpha value is -2.71. The van der Waals surface area contributed by atoms with Crippen LogP contribution in [0.3, 0.4) is 0 Å². The third kappa shape index (κ3) is 10.1. The van der Waals surface area contributed by atoms with E-state index in [1.165, 1.54) is 19.3 Å². The predicted octanol–water partition coefficient (Wildman–Crippen LogP) is 5.58. The normalized spacial score (nSPS) is 10.7. The maximum absolute atomic E-state index is 6.44. The zero-order valence-electron chi connectivity index (χ0n) is 20.1. The first-order valence-electron chi connectivity index (χ1n) is 11.5. The molecule has 0 spiro atoms. The molecule has 0 radical (unpaired) electrons. The van der Waals surface area contributed by atoms with Crippen molar-refractivity contribution in [1.29, 1.82) is 0 Å². The molecule has 0 aliphatic rings. The zero-order valence-corrected chi connectivity index (χ0v) is 21.6. The Morgan fingerprint density at radius 1 is 0.941 bits per heavy atom. The first-order valence-corrected chi connectivity index (χ1v) is 12.3. The van der Waals surface area contributed by atoms with Gasteiger partial charge in [0.05, 0.1) is 24.5 Å². The molecule has 0 aliphatic carbocycles. The summed E-state index contributed by atoms with van der Waals surface area (Å²) in [5.74, 6) is 2.60. The molecule has 0 amide bonds. The highest BCUT2D eigenvalue weighted by Crippen LogP contribution is 2.36. The fraction of sp³-hybridized carbons (Fsp3) is 0.440. The summed E-state index contributed by atoms with van der Waals surface area (Å²) in [4.78, 5) is 0. The van der Waals surface area contributed by atoms with Gasteiger partial charge in [0.1, 0.15) is 24.7 Å². The summed E-state index contributed by atoms with van der Waals surface area (Å²) in [5, 5.41) is 7.68. The van der Waals surface area contributed by atoms with Crippen LogP contribution < -0.4 is 29.7 Å². The number of hydrazone groups is 1. The van der Waals surface area contributed by atoms with E-state index in [9.17, 15) is 0 Å². The molecule has 34 heavy (non-hydrogen) atoms. The number of hydrogen-bond acceptors (Lipinski definition) is 6. The summed E-state index contributed by atoms with van der Waals surface area (Å²) in [6, 6.07) is 11.2. The second kappa shape index (κ2) is 16.0. The molecule has 2 rings (SSSR count). The number of benzene rings is 2. The minimum Gasteiger partial charge on any atom is -0.494 e. The molecule has 2 N–H and O–H groups in total. The van der Waals surface area contributed by atoms with Crippen LogP contribution in [0.5, 0.6) is 23.0 Å². The Balaban J connectivity index is 1.84. The van der Waals surface area contributed by atoms with E-state index in [1.807, 2.05) is 31.2 Å². The number of nitrogens with zero attached hydrogens (tertiary/aromatic N) is 1. The van der Waals surface area contributed by atoms with Gasteiger partial charge in [-0.05, 0) is 67.5 Å². The number of hydrogen-bond donors (Lipinski definition) is 2. The van der Waals surface area contributed by atoms with Gasteiger partial charge in [0, 0.05) is 7.05 Å². The molecule has 2 aromatic rings. The maximum Gasteiger partial charge on any atom is 0.186 e. The number of nitrogens with one attached hydrogen (secondary N) is 2. The molecule has 2 aromatic carbocycles. The lowest BCUT2D eigenvalue weighted by Crippen LogP contribution is -2.28. The third-order valence-electron chi connectivity index (χ3n) is 4.63. The minimum absolute atomic E-state index is 0.306. The molecule has 7 nitrogen and oxygen atoms in total. The minimum atomic E-state index is 0.306. The molecule has 0 unspecified atom stereocenters. The molecule has 0 atom stereocenters. The molecule has 0 saturated carbocycles. The van der Waals surface area contributed by atoms with E-state index in [0.717, 1.165) is 30.1 Å². The van der Waals surface area contributed by atoms with Crippen LogP contribution in [0.1, 0.15) is 45.1 Å². The SMILES string of the molecule is CCCCCCOc1ccc(OCCOc2c(Cl)cc(/C=N\NC(=S)NC)cc2OCC)cc1. The highest BCUT2D eigenvalue weighted by atomic mass is 35.5. The van der Waals surface area contributed by atoms with Crippen molar-refractivity contribution >= 4 is 35.1 Å². The van der Waals surface area contributed by atoms with Gasteiger partial charge in [0.25, 0.3) is 0 Å². The van der Waals surface area contributed by atoms with Gasteiger partial charge in [-0.25, -0.2) is 0 Å². The number of halogens is 1. The highest BCUT2D eigenvalue weighted by molar-refractivity contribution is 7.80. The fourth-order valence-electron chi connectivity index (χ4n) is 2.94. The Morgan fingerprint density at radius 3 is 2.26 bits per heavy atom. The second-order valence-corrected chi connectivity index (χ2v) is 8.11. The maximum atomic E-state index is 6.44. The van der Waals surface area contributed by atoms with E-state index < -0.39 is 0 Å². The van der Waals surface area contributed by atoms with E-state index in [0.29, 0.717) is 41.5 Å². The molecule has 0 fully saturated rings. The van der Waals surface area contributed by atoms with Crippen LogP contribution in [-0.4, -0.2) is 44.8 Å². The van der Waals surface area contributed by atoms with Gasteiger partial charge in [0.2, 0.25) is 0 Å². The lowest BCUT2D eigenvalue weighted by molar-refractivity contribution is 0.208. The Morgan fingerprint density at radius 2 is 1.62 bits per heavy atom. The Kier molecular flexibility index (Phi) is 13.0. The van der Waals surface area contributed by atoms with Crippen molar-refractivity contribution < 1.29 is 18.9 Å². The summed E-state index contributed by atoms with van der Waals surface area (Å²) in [6.45, 7) is 5.97. The number of rotatable bonds is 15. The van der Waals surface area contributed by atoms with Crippen LogP contribution in [-0.2, 0) is 0 Å². The molecule has 0 aromatic heterocycles. The average molecular weight is 508 g/mol. The molecular formula is C25H34ClN3O4S. The number of unbranched alkanes of at least 4 members (excludes halogenated alkanes) is 3. The first-order chi connectivity index (χ1) is 16.6. The van der Waals surface area contributed by atoms with Crippen LogP contribution in [0.15, 0.2) is 41.5 Å². The van der Waals surface area contributed by atoms with E-state index >= 15 is 0 Å². The monoisotopic (exact) mass is 507 g/mol. The molecular weight excluding hydrogens is 474 g/mol. The van der Waals surface area contributed by atoms with Crippen LogP contribution in [0.2, 0.25) is 5.02 Å². The molecule has 9 heteroatoms. The lowest BCUT2D eigenvalue weighted by atomic mass is 10.2. The van der Waals surface area contributed by atoms with Crippen molar-refractivity contribution in [2.45, 2.75) is 39.5 Å². The standard InChI is InChI=1S/C25H34ClN3O4S/c1-4-6-7-8-13-31-20-9-11-21(12-10-20)32-14-15-33-24-22(26)16-19(17-23(24)30-5-2)18-28-29-25(34)27-3/h9-12,16-18H,4-8,13-15H2,1-3H3,(H2,27,29,34)/b28-18-. The van der Waals surface area contributed by atoms with E-state index in [2.05, 4.69) is 22.8 Å². The summed E-state index contributed by atoms with van der Waals surface area (Å²) in [6.07, 6.45) is 6.34. The smallest absolute Gasteiger partial charge is 0.186 e. The third-order valence-corrected chi connectivity index (χ3v) is 5.20. The summed E-state index contributed by atoms with van der Waals surface area (Å²) in [7, 11) is 1.71. The van der Waals surface area contributed by atoms with E-state index in [-0.39, 0.29) is 0 Å². The van der Waals surface area contributed by atoms with Gasteiger partial charge in [-0.15, -0.1) is 0 Å². The molecule has 0 aliphatic heterocycles. The quantitative estimate of drug-likeness (QED) is 0.141.